The van der Waals surface area contributed by atoms with E-state index < -0.39 is 5.97 Å². The van der Waals surface area contributed by atoms with E-state index in [4.69, 9.17) is 9.84 Å². The van der Waals surface area contributed by atoms with Crippen LogP contribution in [0.5, 0.6) is 0 Å². The van der Waals surface area contributed by atoms with Crippen molar-refractivity contribution in [1.29, 1.82) is 0 Å². The molecule has 29 heavy (non-hydrogen) atoms. The average molecular weight is 389 g/mol. The maximum atomic E-state index is 10.9. The lowest BCUT2D eigenvalue weighted by Gasteiger charge is -2.08. The zero-order chi connectivity index (χ0) is 20.5. The van der Waals surface area contributed by atoms with E-state index in [-0.39, 0.29) is 5.56 Å². The third-order valence-electron chi connectivity index (χ3n) is 3.80. The second-order valence-corrected chi connectivity index (χ2v) is 5.92. The summed E-state index contributed by atoms with van der Waals surface area (Å²) in [4.78, 5) is 23.2. The molecule has 0 amide bonds. The standard InChI is InChI=1S/C21H19N5O3/c1-22-13-19(7-3-6-18-8-9-25-26-18)29-14-15-4-2-5-16(10-15)20-23-11-17(12-24-20)21(27)28/h2-13H,14H2,1H3,(H,25,26)(H,27,28)/b6-3+,19-7+,22-13?. The molecular weight excluding hydrogens is 370 g/mol. The van der Waals surface area contributed by atoms with Crippen LogP contribution in [-0.4, -0.2) is 44.5 Å². The van der Waals surface area contributed by atoms with E-state index in [0.29, 0.717) is 18.2 Å². The van der Waals surface area contributed by atoms with Gasteiger partial charge in [0.15, 0.2) is 5.82 Å². The van der Waals surface area contributed by atoms with Crippen LogP contribution in [0.25, 0.3) is 17.5 Å². The highest BCUT2D eigenvalue weighted by molar-refractivity contribution is 5.86. The van der Waals surface area contributed by atoms with E-state index in [2.05, 4.69) is 25.2 Å². The minimum atomic E-state index is -1.06. The molecule has 0 fully saturated rings. The van der Waals surface area contributed by atoms with Gasteiger partial charge in [0.25, 0.3) is 0 Å². The van der Waals surface area contributed by atoms with Crippen molar-refractivity contribution in [2.45, 2.75) is 6.61 Å². The van der Waals surface area contributed by atoms with E-state index >= 15 is 0 Å². The topological polar surface area (TPSA) is 113 Å². The Morgan fingerprint density at radius 2 is 2.10 bits per heavy atom. The first-order valence-corrected chi connectivity index (χ1v) is 8.73. The highest BCUT2D eigenvalue weighted by Crippen LogP contribution is 2.17. The monoisotopic (exact) mass is 389 g/mol. The Bertz CT molecular complexity index is 1040. The van der Waals surface area contributed by atoms with Gasteiger partial charge in [0.1, 0.15) is 12.4 Å². The molecule has 0 saturated carbocycles. The minimum absolute atomic E-state index is 0.0463. The van der Waals surface area contributed by atoms with Gasteiger partial charge in [-0.3, -0.25) is 10.1 Å². The normalized spacial score (nSPS) is 12.0. The van der Waals surface area contributed by atoms with Gasteiger partial charge in [0.2, 0.25) is 0 Å². The third-order valence-corrected chi connectivity index (χ3v) is 3.80. The van der Waals surface area contributed by atoms with Crippen molar-refractivity contribution in [2.24, 2.45) is 4.99 Å². The molecule has 0 unspecified atom stereocenters. The summed E-state index contributed by atoms with van der Waals surface area (Å²) in [5, 5.41) is 15.7. The number of benzene rings is 1. The van der Waals surface area contributed by atoms with Crippen LogP contribution in [-0.2, 0) is 11.3 Å². The fourth-order valence-corrected chi connectivity index (χ4v) is 2.42. The SMILES string of the molecule is CN=C/C(=C\C=C\c1ccn[nH]1)OCc1cccc(-c2ncc(C(=O)O)cn2)c1. The number of hydrogen-bond donors (Lipinski definition) is 2. The molecule has 2 heterocycles. The first-order chi connectivity index (χ1) is 14.2. The summed E-state index contributed by atoms with van der Waals surface area (Å²) < 4.78 is 5.85. The number of hydrogen-bond acceptors (Lipinski definition) is 6. The van der Waals surface area contributed by atoms with Crippen molar-refractivity contribution in [2.75, 3.05) is 7.05 Å². The van der Waals surface area contributed by atoms with Crippen LogP contribution >= 0.6 is 0 Å². The minimum Gasteiger partial charge on any atom is -0.487 e. The Hall–Kier alpha value is -4.07. The second kappa shape index (κ2) is 9.75. The molecule has 3 rings (SSSR count). The number of H-pyrrole nitrogens is 1. The number of allylic oxidation sites excluding steroid dienone is 3. The van der Waals surface area contributed by atoms with Crippen molar-refractivity contribution in [1.82, 2.24) is 20.2 Å². The second-order valence-electron chi connectivity index (χ2n) is 5.92. The van der Waals surface area contributed by atoms with Crippen LogP contribution in [0.15, 0.2) is 71.8 Å². The molecule has 0 radical (unpaired) electrons. The lowest BCUT2D eigenvalue weighted by molar-refractivity contribution is 0.0696. The molecule has 0 saturated heterocycles. The summed E-state index contributed by atoms with van der Waals surface area (Å²) >= 11 is 0. The number of carboxylic acids is 1. The summed E-state index contributed by atoms with van der Waals surface area (Å²) in [6.45, 7) is 0.330. The number of rotatable bonds is 8. The van der Waals surface area contributed by atoms with Gasteiger partial charge in [-0.25, -0.2) is 14.8 Å². The predicted octanol–water partition coefficient (Wildman–Crippen LogP) is 3.38. The van der Waals surface area contributed by atoms with E-state index in [1.165, 1.54) is 12.4 Å². The van der Waals surface area contributed by atoms with Crippen molar-refractivity contribution >= 4 is 18.3 Å². The molecule has 3 aromatic rings. The summed E-state index contributed by atoms with van der Waals surface area (Å²) in [6.07, 6.45) is 11.4. The van der Waals surface area contributed by atoms with Crippen LogP contribution in [0.4, 0.5) is 0 Å². The predicted molar refractivity (Wildman–Crippen MR) is 109 cm³/mol. The molecule has 0 aliphatic carbocycles. The van der Waals surface area contributed by atoms with E-state index in [1.807, 2.05) is 48.6 Å². The molecule has 0 bridgehead atoms. The Morgan fingerprint density at radius 3 is 2.79 bits per heavy atom. The molecule has 0 aliphatic rings. The molecule has 146 valence electrons. The van der Waals surface area contributed by atoms with Gasteiger partial charge in [0, 0.05) is 31.2 Å². The van der Waals surface area contributed by atoms with E-state index in [1.54, 1.807) is 19.5 Å². The molecule has 2 aromatic heterocycles. The van der Waals surface area contributed by atoms with Crippen LogP contribution in [0.3, 0.4) is 0 Å². The van der Waals surface area contributed by atoms with Crippen LogP contribution in [0.1, 0.15) is 21.6 Å². The van der Waals surface area contributed by atoms with Crippen molar-refractivity contribution < 1.29 is 14.6 Å². The summed E-state index contributed by atoms with van der Waals surface area (Å²) in [5.41, 5.74) is 2.62. The van der Waals surface area contributed by atoms with Crippen LogP contribution in [0, 0.1) is 0 Å². The zero-order valence-corrected chi connectivity index (χ0v) is 15.7. The smallest absolute Gasteiger partial charge is 0.338 e. The van der Waals surface area contributed by atoms with Gasteiger partial charge >= 0.3 is 5.97 Å². The Labute approximate surface area is 167 Å². The molecule has 8 nitrogen and oxygen atoms in total. The fraction of sp³-hybridized carbons (Fsp3) is 0.0952. The Balaban J connectivity index is 1.69. The van der Waals surface area contributed by atoms with Crippen molar-refractivity contribution in [3.63, 3.8) is 0 Å². The number of aliphatic imine (C=N–C) groups is 1. The molecular formula is C21H19N5O3. The number of carbonyl (C=O) groups is 1. The number of nitrogens with one attached hydrogen (secondary N) is 1. The molecule has 2 N–H and O–H groups in total. The third kappa shape index (κ3) is 5.70. The molecule has 8 heteroatoms. The van der Waals surface area contributed by atoms with Gasteiger partial charge in [-0.05, 0) is 29.8 Å². The Kier molecular flexibility index (Phi) is 6.62. The number of nitrogens with zero attached hydrogens (tertiary/aromatic N) is 4. The number of aromatic carboxylic acids is 1. The first-order valence-electron chi connectivity index (χ1n) is 8.73. The maximum Gasteiger partial charge on any atom is 0.338 e. The molecule has 0 spiro atoms. The van der Waals surface area contributed by atoms with Crippen LogP contribution < -0.4 is 0 Å². The first kappa shape index (κ1) is 19.7. The van der Waals surface area contributed by atoms with Gasteiger partial charge in [-0.15, -0.1) is 0 Å². The lowest BCUT2D eigenvalue weighted by Crippen LogP contribution is -2.00. The summed E-state index contributed by atoms with van der Waals surface area (Å²) in [7, 11) is 1.68. The van der Waals surface area contributed by atoms with E-state index in [0.717, 1.165) is 16.8 Å². The maximum absolute atomic E-state index is 10.9. The number of ether oxygens (including phenoxy) is 1. The largest absolute Gasteiger partial charge is 0.487 e. The van der Waals surface area contributed by atoms with Gasteiger partial charge < -0.3 is 9.84 Å². The Morgan fingerprint density at radius 1 is 1.28 bits per heavy atom. The quantitative estimate of drug-likeness (QED) is 0.347. The average Bonchev–Trinajstić information content (AvgIpc) is 3.26. The van der Waals surface area contributed by atoms with Gasteiger partial charge in [-0.1, -0.05) is 24.3 Å². The molecule has 1 aromatic carbocycles. The van der Waals surface area contributed by atoms with Crippen LogP contribution in [0.2, 0.25) is 0 Å². The van der Waals surface area contributed by atoms with Crippen molar-refractivity contribution in [3.8, 4) is 11.4 Å². The zero-order valence-electron chi connectivity index (χ0n) is 15.7. The molecule has 0 aliphatic heterocycles. The molecule has 0 atom stereocenters. The number of aromatic amines is 1. The highest BCUT2D eigenvalue weighted by Gasteiger charge is 2.07. The fourth-order valence-electron chi connectivity index (χ4n) is 2.42. The summed E-state index contributed by atoms with van der Waals surface area (Å²) in [6, 6.07) is 9.41. The van der Waals surface area contributed by atoms with E-state index in [9.17, 15) is 4.79 Å². The highest BCUT2D eigenvalue weighted by atomic mass is 16.5. The van der Waals surface area contributed by atoms with Gasteiger partial charge in [-0.2, -0.15) is 5.10 Å². The summed E-state index contributed by atoms with van der Waals surface area (Å²) in [5.74, 6) is -0.00172. The number of carboxylic acid groups (broad SMARTS) is 1. The lowest BCUT2D eigenvalue weighted by atomic mass is 10.1. The van der Waals surface area contributed by atoms with Crippen molar-refractivity contribution in [3.05, 3.63) is 83.7 Å². The number of aromatic nitrogens is 4. The van der Waals surface area contributed by atoms with Gasteiger partial charge in [0.05, 0.1) is 17.5 Å².